The number of halogens is 1. The second-order valence-corrected chi connectivity index (χ2v) is 8.79. The van der Waals surface area contributed by atoms with E-state index in [1.165, 1.54) is 13.3 Å². The average Bonchev–Trinajstić information content (AvgIpc) is 2.92. The van der Waals surface area contributed by atoms with Gasteiger partial charge in [-0.05, 0) is 68.3 Å². The number of hydrogen-bond acceptors (Lipinski definition) is 7. The smallest absolute Gasteiger partial charge is 0.271 e. The normalized spacial score (nSPS) is 10.7. The first-order chi connectivity index (χ1) is 18.8. The number of hydrogen-bond donors (Lipinski definition) is 2. The molecule has 0 spiro atoms. The highest BCUT2D eigenvalue weighted by atomic mass is 35.5. The molecule has 3 aromatic rings. The van der Waals surface area contributed by atoms with Crippen LogP contribution in [-0.2, 0) is 4.79 Å². The van der Waals surface area contributed by atoms with Crippen LogP contribution in [0.2, 0.25) is 5.02 Å². The molecule has 0 saturated carbocycles. The molecule has 2 N–H and O–H groups in total. The van der Waals surface area contributed by atoms with Crippen molar-refractivity contribution in [3.05, 3.63) is 76.3 Å². The summed E-state index contributed by atoms with van der Waals surface area (Å²) in [6.45, 7) is 6.42. The summed E-state index contributed by atoms with van der Waals surface area (Å²) in [6.07, 6.45) is 2.28. The Hall–Kier alpha value is -4.24. The number of methoxy groups -OCH3 is 1. The van der Waals surface area contributed by atoms with E-state index in [0.29, 0.717) is 47.3 Å². The van der Waals surface area contributed by atoms with Crippen molar-refractivity contribution in [1.29, 1.82) is 0 Å². The number of anilines is 1. The number of rotatable bonds is 13. The number of ether oxygens (including phenoxy) is 4. The van der Waals surface area contributed by atoms with E-state index in [-0.39, 0.29) is 23.3 Å². The fraction of sp³-hybridized carbons (Fsp3) is 0.276. The molecule has 10 heteroatoms. The number of nitrogens with one attached hydrogen (secondary N) is 2. The molecule has 0 fully saturated rings. The van der Waals surface area contributed by atoms with Gasteiger partial charge in [0.15, 0.2) is 29.6 Å². The Morgan fingerprint density at radius 3 is 2.41 bits per heavy atom. The third kappa shape index (κ3) is 8.65. The summed E-state index contributed by atoms with van der Waals surface area (Å²) in [5.41, 5.74) is 5.15. The number of carbonyl (C=O) groups is 2. The van der Waals surface area contributed by atoms with Crippen LogP contribution < -0.4 is 29.7 Å². The summed E-state index contributed by atoms with van der Waals surface area (Å²) in [5.74, 6) is 0.822. The van der Waals surface area contributed by atoms with Gasteiger partial charge >= 0.3 is 0 Å². The lowest BCUT2D eigenvalue weighted by Crippen LogP contribution is -2.20. The van der Waals surface area contributed by atoms with Crippen LogP contribution in [0, 0.1) is 6.92 Å². The minimum absolute atomic E-state index is 0.226. The van der Waals surface area contributed by atoms with E-state index < -0.39 is 5.91 Å². The lowest BCUT2D eigenvalue weighted by molar-refractivity contribution is -0.118. The fourth-order valence-corrected chi connectivity index (χ4v) is 3.68. The van der Waals surface area contributed by atoms with Gasteiger partial charge in [0.2, 0.25) is 0 Å². The maximum Gasteiger partial charge on any atom is 0.271 e. The molecule has 0 saturated heterocycles. The zero-order valence-electron chi connectivity index (χ0n) is 22.4. The fourth-order valence-electron chi connectivity index (χ4n) is 3.41. The van der Waals surface area contributed by atoms with Crippen molar-refractivity contribution < 1.29 is 28.5 Å². The summed E-state index contributed by atoms with van der Waals surface area (Å²) in [7, 11) is 1.51. The summed E-state index contributed by atoms with van der Waals surface area (Å²) in [5, 5.41) is 7.02. The van der Waals surface area contributed by atoms with Gasteiger partial charge < -0.3 is 24.3 Å². The van der Waals surface area contributed by atoms with Crippen LogP contribution in [0.25, 0.3) is 0 Å². The zero-order valence-corrected chi connectivity index (χ0v) is 23.1. The van der Waals surface area contributed by atoms with Crippen LogP contribution in [0.1, 0.15) is 41.8 Å². The quantitative estimate of drug-likeness (QED) is 0.210. The van der Waals surface area contributed by atoms with E-state index in [9.17, 15) is 9.59 Å². The van der Waals surface area contributed by atoms with E-state index >= 15 is 0 Å². The van der Waals surface area contributed by atoms with Gasteiger partial charge in [0, 0.05) is 11.3 Å². The van der Waals surface area contributed by atoms with Gasteiger partial charge in [-0.1, -0.05) is 36.2 Å². The van der Waals surface area contributed by atoms with Gasteiger partial charge in [-0.15, -0.1) is 0 Å². The Balaban J connectivity index is 1.65. The summed E-state index contributed by atoms with van der Waals surface area (Å²) < 4.78 is 22.3. The van der Waals surface area contributed by atoms with Gasteiger partial charge in [-0.25, -0.2) is 5.43 Å². The van der Waals surface area contributed by atoms with Gasteiger partial charge in [0.05, 0.1) is 31.6 Å². The highest BCUT2D eigenvalue weighted by molar-refractivity contribution is 6.32. The molecule has 206 valence electrons. The van der Waals surface area contributed by atoms with Crippen molar-refractivity contribution >= 4 is 35.3 Å². The Morgan fingerprint density at radius 1 is 0.949 bits per heavy atom. The molecule has 0 atom stereocenters. The maximum atomic E-state index is 12.6. The molecule has 0 aliphatic rings. The van der Waals surface area contributed by atoms with E-state index in [1.54, 1.807) is 30.3 Å². The standard InChI is InChI=1S/C29H32ClN3O6/c1-5-13-38-24-12-9-21(16-25(24)36-4)29(35)33-31-17-20-14-23(30)28(26(15-20)37-6-2)39-18-27(34)32-22-10-7-19(3)8-11-22/h7-12,14-17H,5-6,13,18H2,1-4H3,(H,32,34)(H,33,35)/b31-17+. The zero-order chi connectivity index (χ0) is 28.2. The minimum Gasteiger partial charge on any atom is -0.493 e. The maximum absolute atomic E-state index is 12.6. The van der Waals surface area contributed by atoms with Crippen molar-refractivity contribution in [3.63, 3.8) is 0 Å². The number of nitrogens with zero attached hydrogens (tertiary/aromatic N) is 1. The second kappa shape index (κ2) is 14.6. The van der Waals surface area contributed by atoms with E-state index in [0.717, 1.165) is 12.0 Å². The van der Waals surface area contributed by atoms with Crippen molar-refractivity contribution in [2.75, 3.05) is 32.2 Å². The van der Waals surface area contributed by atoms with Crippen LogP contribution in [0.15, 0.2) is 59.7 Å². The monoisotopic (exact) mass is 553 g/mol. The molecule has 0 aliphatic carbocycles. The van der Waals surface area contributed by atoms with Crippen LogP contribution in [0.5, 0.6) is 23.0 Å². The Kier molecular flexibility index (Phi) is 11.0. The third-order valence-corrected chi connectivity index (χ3v) is 5.56. The van der Waals surface area contributed by atoms with Crippen LogP contribution in [0.4, 0.5) is 5.69 Å². The first-order valence-corrected chi connectivity index (χ1v) is 12.8. The predicted octanol–water partition coefficient (Wildman–Crippen LogP) is 5.63. The largest absolute Gasteiger partial charge is 0.493 e. The number of aryl methyl sites for hydroxylation is 1. The molecule has 0 aromatic heterocycles. The highest BCUT2D eigenvalue weighted by Crippen LogP contribution is 2.36. The topological polar surface area (TPSA) is 107 Å². The first kappa shape index (κ1) is 29.3. The number of hydrazone groups is 1. The summed E-state index contributed by atoms with van der Waals surface area (Å²) >= 11 is 6.44. The molecule has 3 aromatic carbocycles. The first-order valence-electron chi connectivity index (χ1n) is 12.4. The molecule has 0 radical (unpaired) electrons. The lowest BCUT2D eigenvalue weighted by Gasteiger charge is -2.14. The van der Waals surface area contributed by atoms with E-state index in [4.69, 9.17) is 30.5 Å². The number of benzene rings is 3. The molecule has 9 nitrogen and oxygen atoms in total. The number of carbonyl (C=O) groups excluding carboxylic acids is 2. The van der Waals surface area contributed by atoms with Crippen molar-refractivity contribution in [3.8, 4) is 23.0 Å². The van der Waals surface area contributed by atoms with Crippen molar-refractivity contribution in [2.45, 2.75) is 27.2 Å². The molecule has 2 amide bonds. The SMILES string of the molecule is CCCOc1ccc(C(=O)N/N=C/c2cc(Cl)c(OCC(=O)Nc3ccc(C)cc3)c(OCC)c2)cc1OC. The molecular formula is C29H32ClN3O6. The minimum atomic E-state index is -0.428. The number of amides is 2. The average molecular weight is 554 g/mol. The molecule has 0 unspecified atom stereocenters. The predicted molar refractivity (Wildman–Crippen MR) is 152 cm³/mol. The lowest BCUT2D eigenvalue weighted by atomic mass is 10.2. The van der Waals surface area contributed by atoms with Gasteiger partial charge in [-0.3, -0.25) is 9.59 Å². The molecule has 0 aliphatic heterocycles. The summed E-state index contributed by atoms with van der Waals surface area (Å²) in [4.78, 5) is 24.9. The second-order valence-electron chi connectivity index (χ2n) is 8.38. The van der Waals surface area contributed by atoms with Crippen molar-refractivity contribution in [1.82, 2.24) is 5.43 Å². The highest BCUT2D eigenvalue weighted by Gasteiger charge is 2.15. The molecule has 0 bridgehead atoms. The van der Waals surface area contributed by atoms with E-state index in [2.05, 4.69) is 15.8 Å². The summed E-state index contributed by atoms with van der Waals surface area (Å²) in [6, 6.07) is 15.6. The van der Waals surface area contributed by atoms with Crippen molar-refractivity contribution in [2.24, 2.45) is 5.10 Å². The Morgan fingerprint density at radius 2 is 1.72 bits per heavy atom. The molecular weight excluding hydrogens is 522 g/mol. The molecule has 0 heterocycles. The van der Waals surface area contributed by atoms with Gasteiger partial charge in [0.25, 0.3) is 11.8 Å². The van der Waals surface area contributed by atoms with Gasteiger partial charge in [0.1, 0.15) is 0 Å². The van der Waals surface area contributed by atoms with Gasteiger partial charge in [-0.2, -0.15) is 5.10 Å². The van der Waals surface area contributed by atoms with E-state index in [1.807, 2.05) is 45.0 Å². The van der Waals surface area contributed by atoms with Crippen LogP contribution in [-0.4, -0.2) is 45.0 Å². The van der Waals surface area contributed by atoms with Crippen LogP contribution >= 0.6 is 11.6 Å². The Bertz CT molecular complexity index is 1310. The Labute approximate surface area is 233 Å². The third-order valence-electron chi connectivity index (χ3n) is 5.28. The molecule has 3 rings (SSSR count). The van der Waals surface area contributed by atoms with Crippen LogP contribution in [0.3, 0.4) is 0 Å². The molecule has 39 heavy (non-hydrogen) atoms.